The van der Waals surface area contributed by atoms with E-state index in [1.807, 2.05) is 54.9 Å². The number of aliphatic hydroxyl groups excluding tert-OH is 1. The van der Waals surface area contributed by atoms with Crippen molar-refractivity contribution >= 4 is 36.3 Å². The van der Waals surface area contributed by atoms with Gasteiger partial charge in [-0.25, -0.2) is 9.55 Å². The van der Waals surface area contributed by atoms with Crippen LogP contribution in [0.2, 0.25) is 0 Å². The maximum Gasteiger partial charge on any atom is 0.402 e. The molecule has 0 spiro atoms. The number of nitrogens with zero attached hydrogens (tertiary/aromatic N) is 2. The first-order chi connectivity index (χ1) is 12.5. The molecule has 7 heteroatoms. The Morgan fingerprint density at radius 2 is 2.04 bits per heavy atom. The van der Waals surface area contributed by atoms with Gasteiger partial charge in [-0.05, 0) is 25.5 Å². The van der Waals surface area contributed by atoms with E-state index in [1.54, 1.807) is 0 Å². The summed E-state index contributed by atoms with van der Waals surface area (Å²) in [6, 6.07) is 9.84. The lowest BCUT2D eigenvalue weighted by atomic mass is 10.1. The summed E-state index contributed by atoms with van der Waals surface area (Å²) in [4.78, 5) is 8.06. The average Bonchev–Trinajstić information content (AvgIpc) is 3.06. The first-order valence-electron chi connectivity index (χ1n) is 8.67. The number of hydrogen-bond acceptors (Lipinski definition) is 5. The fraction of sp³-hybridized carbons (Fsp3) is 0.368. The van der Waals surface area contributed by atoms with Gasteiger partial charge in [0.1, 0.15) is 21.0 Å². The first-order valence-corrected chi connectivity index (χ1v) is 9.56. The molecule has 0 bridgehead atoms. The van der Waals surface area contributed by atoms with Crippen LogP contribution in [-0.4, -0.2) is 28.3 Å². The lowest BCUT2D eigenvalue weighted by Gasteiger charge is -2.25. The summed E-state index contributed by atoms with van der Waals surface area (Å²) in [6.45, 7) is 4.61. The number of imidazole rings is 1. The Bertz CT molecular complexity index is 876. The molecule has 0 atom stereocenters. The molecule has 0 saturated heterocycles. The number of aromatic nitrogens is 3. The van der Waals surface area contributed by atoms with Crippen LogP contribution in [-0.2, 0) is 4.08 Å². The molecular weight excluding hydrogens is 366 g/mol. The van der Waals surface area contributed by atoms with E-state index >= 15 is 0 Å². The molecule has 0 fully saturated rings. The van der Waals surface area contributed by atoms with E-state index < -0.39 is 4.08 Å². The fourth-order valence-corrected chi connectivity index (χ4v) is 3.48. The number of aromatic amines is 1. The second-order valence-electron chi connectivity index (χ2n) is 6.20. The van der Waals surface area contributed by atoms with Gasteiger partial charge in [0.15, 0.2) is 5.52 Å². The second-order valence-corrected chi connectivity index (χ2v) is 8.08. The highest BCUT2D eigenvalue weighted by molar-refractivity contribution is 7.99. The topological polar surface area (TPSA) is 62.0 Å². The van der Waals surface area contributed by atoms with Crippen molar-refractivity contribution < 1.29 is 14.4 Å². The number of benzene rings is 1. The Kier molecular flexibility index (Phi) is 5.79. The van der Waals surface area contributed by atoms with Crippen LogP contribution in [0, 0.1) is 6.92 Å². The third kappa shape index (κ3) is 3.70. The molecule has 3 aromatic rings. The van der Waals surface area contributed by atoms with E-state index in [9.17, 15) is 0 Å². The van der Waals surface area contributed by atoms with Crippen LogP contribution in [0.5, 0.6) is 5.75 Å². The Hall–Kier alpha value is -1.70. The minimum atomic E-state index is -0.653. The number of nitrogens with one attached hydrogen (secondary N) is 1. The van der Waals surface area contributed by atoms with E-state index in [-0.39, 0.29) is 6.61 Å². The zero-order valence-electron chi connectivity index (χ0n) is 14.9. The molecule has 0 aliphatic heterocycles. The predicted octanol–water partition coefficient (Wildman–Crippen LogP) is 3.33. The van der Waals surface area contributed by atoms with Crippen LogP contribution in [0.1, 0.15) is 31.0 Å². The minimum Gasteiger partial charge on any atom is -0.493 e. The van der Waals surface area contributed by atoms with E-state index in [4.69, 9.17) is 40.1 Å². The average molecular weight is 391 g/mol. The van der Waals surface area contributed by atoms with Crippen molar-refractivity contribution in [3.8, 4) is 11.7 Å². The third-order valence-corrected chi connectivity index (χ3v) is 5.43. The molecule has 0 saturated carbocycles. The van der Waals surface area contributed by atoms with Gasteiger partial charge >= 0.3 is 5.95 Å². The number of pyridine rings is 1. The number of para-hydroxylation sites is 2. The van der Waals surface area contributed by atoms with E-state index in [0.717, 1.165) is 34.5 Å². The van der Waals surface area contributed by atoms with Gasteiger partial charge in [0.2, 0.25) is 0 Å². The van der Waals surface area contributed by atoms with Crippen LogP contribution in [0.15, 0.2) is 36.5 Å². The van der Waals surface area contributed by atoms with Crippen LogP contribution in [0.3, 0.4) is 0 Å². The maximum absolute atomic E-state index is 8.98. The van der Waals surface area contributed by atoms with Gasteiger partial charge in [0.05, 0.1) is 12.8 Å². The van der Waals surface area contributed by atoms with Crippen molar-refractivity contribution in [2.75, 3.05) is 13.2 Å². The summed E-state index contributed by atoms with van der Waals surface area (Å²) in [5.41, 5.74) is 3.74. The van der Waals surface area contributed by atoms with Crippen molar-refractivity contribution in [2.24, 2.45) is 0 Å². The molecule has 1 aromatic carbocycles. The monoisotopic (exact) mass is 390 g/mol. The van der Waals surface area contributed by atoms with Gasteiger partial charge in [0.25, 0.3) is 0 Å². The van der Waals surface area contributed by atoms with Gasteiger partial charge in [-0.1, -0.05) is 24.0 Å². The first kappa shape index (κ1) is 19.1. The molecule has 0 amide bonds. The van der Waals surface area contributed by atoms with Crippen molar-refractivity contribution in [1.82, 2.24) is 9.97 Å². The summed E-state index contributed by atoms with van der Waals surface area (Å²) in [5.74, 6) is 1.48. The molecule has 2 heterocycles. The van der Waals surface area contributed by atoms with Gasteiger partial charge in [-0.3, -0.25) is 0 Å². The van der Waals surface area contributed by atoms with Crippen LogP contribution in [0.4, 0.5) is 0 Å². The van der Waals surface area contributed by atoms with Crippen molar-refractivity contribution in [2.45, 2.75) is 30.8 Å². The zero-order chi connectivity index (χ0) is 18.7. The van der Waals surface area contributed by atoms with E-state index in [1.165, 1.54) is 0 Å². The smallest absolute Gasteiger partial charge is 0.402 e. The van der Waals surface area contributed by atoms with E-state index in [0.29, 0.717) is 19.0 Å². The summed E-state index contributed by atoms with van der Waals surface area (Å²) < 4.78 is 7.17. The van der Waals surface area contributed by atoms with Crippen molar-refractivity contribution in [3.63, 3.8) is 0 Å². The van der Waals surface area contributed by atoms with Gasteiger partial charge in [-0.2, -0.15) is 25.3 Å². The highest BCUT2D eigenvalue weighted by Crippen LogP contribution is 2.38. The summed E-state index contributed by atoms with van der Waals surface area (Å²) >= 11 is 9.58. The van der Waals surface area contributed by atoms with Crippen LogP contribution >= 0.6 is 25.3 Å². The normalized spacial score (nSPS) is 11.9. The molecule has 0 aliphatic carbocycles. The third-order valence-electron chi connectivity index (χ3n) is 4.38. The zero-order valence-corrected chi connectivity index (χ0v) is 16.7. The molecule has 2 N–H and O–H groups in total. The number of fused-ring (bicyclic) bond motifs is 1. The standard InChI is InChI=1S/C19H23N3O2S2/c1-3-19(25,26)17-13(2)16(24-12-6-11-23)9-10-22(17)18-20-14-7-4-5-8-15(14)21-18/h4-5,7-10,23H,3,6,11-12H2,1-2H3,(H2-,20,21,25,26)/p+1. The molecule has 138 valence electrons. The maximum atomic E-state index is 8.98. The number of aliphatic hydroxyl groups is 1. The summed E-state index contributed by atoms with van der Waals surface area (Å²) in [7, 11) is 0. The molecule has 3 rings (SSSR count). The van der Waals surface area contributed by atoms with Gasteiger partial charge in [-0.15, -0.1) is 0 Å². The second kappa shape index (κ2) is 7.90. The number of H-pyrrole nitrogens is 1. The molecule has 2 aromatic heterocycles. The molecule has 5 nitrogen and oxygen atoms in total. The molecular formula is C19H24N3O2S2+. The Morgan fingerprint density at radius 1 is 1.27 bits per heavy atom. The summed E-state index contributed by atoms with van der Waals surface area (Å²) in [6.07, 6.45) is 3.24. The van der Waals surface area contributed by atoms with Crippen LogP contribution in [0.25, 0.3) is 17.0 Å². The van der Waals surface area contributed by atoms with Crippen molar-refractivity contribution in [1.29, 1.82) is 0 Å². The Balaban J connectivity index is 2.13. The predicted molar refractivity (Wildman–Crippen MR) is 110 cm³/mol. The van der Waals surface area contributed by atoms with Crippen molar-refractivity contribution in [3.05, 3.63) is 47.8 Å². The quantitative estimate of drug-likeness (QED) is 0.217. The lowest BCUT2D eigenvalue weighted by Crippen LogP contribution is -2.42. The lowest BCUT2D eigenvalue weighted by molar-refractivity contribution is -0.613. The minimum absolute atomic E-state index is 0.107. The van der Waals surface area contributed by atoms with E-state index in [2.05, 4.69) is 4.98 Å². The fourth-order valence-electron chi connectivity index (χ4n) is 2.93. The SMILES string of the molecule is CCC(S)(S)c1c(C)c(OCCCO)cc[n+]1-c1nc2ccccc2[nH]1. The van der Waals surface area contributed by atoms with Gasteiger partial charge in [0, 0.05) is 24.7 Å². The summed E-state index contributed by atoms with van der Waals surface area (Å²) in [5, 5.41) is 8.98. The molecule has 0 aliphatic rings. The highest BCUT2D eigenvalue weighted by atomic mass is 32.2. The number of thiol groups is 2. The van der Waals surface area contributed by atoms with Gasteiger partial charge < -0.3 is 9.84 Å². The molecule has 0 unspecified atom stereocenters. The number of ether oxygens (including phenoxy) is 1. The Morgan fingerprint density at radius 3 is 2.73 bits per heavy atom. The molecule has 0 radical (unpaired) electrons. The highest BCUT2D eigenvalue weighted by Gasteiger charge is 2.33. The van der Waals surface area contributed by atoms with Crippen LogP contribution < -0.4 is 9.30 Å². The molecule has 26 heavy (non-hydrogen) atoms. The number of rotatable bonds is 7. The Labute approximate surface area is 164 Å². The largest absolute Gasteiger partial charge is 0.493 e. The number of hydrogen-bond donors (Lipinski definition) is 4.